The zero-order chi connectivity index (χ0) is 18.0. The highest BCUT2D eigenvalue weighted by Crippen LogP contribution is 2.33. The molecule has 2 atom stereocenters. The Hall–Kier alpha value is -2.04. The van der Waals surface area contributed by atoms with Crippen LogP contribution in [0, 0.1) is 6.92 Å². The Bertz CT molecular complexity index is 751. The van der Waals surface area contributed by atoms with Crippen molar-refractivity contribution < 1.29 is 9.90 Å². The summed E-state index contributed by atoms with van der Waals surface area (Å²) in [4.78, 5) is 15.3. The number of carbonyl (C=O) groups is 1. The third-order valence-electron chi connectivity index (χ3n) is 5.02. The molecule has 1 aliphatic rings. The molecule has 0 spiro atoms. The molecule has 0 aromatic heterocycles. The van der Waals surface area contributed by atoms with Gasteiger partial charge >= 0.3 is 6.09 Å². The van der Waals surface area contributed by atoms with Crippen LogP contribution >= 0.6 is 11.6 Å². The van der Waals surface area contributed by atoms with Gasteiger partial charge in [0.1, 0.15) is 0 Å². The summed E-state index contributed by atoms with van der Waals surface area (Å²) in [6.07, 6.45) is -0.887. The molecule has 1 aliphatic heterocycles. The molecule has 2 aromatic rings. The van der Waals surface area contributed by atoms with E-state index in [0.717, 1.165) is 35.8 Å². The Kier molecular flexibility index (Phi) is 5.30. The number of benzene rings is 2. The van der Waals surface area contributed by atoms with Gasteiger partial charge in [0.05, 0.1) is 6.04 Å². The molecule has 1 amide bonds. The topological polar surface area (TPSA) is 43.8 Å². The van der Waals surface area contributed by atoms with Gasteiger partial charge in [0.15, 0.2) is 0 Å². The van der Waals surface area contributed by atoms with Gasteiger partial charge in [0.25, 0.3) is 0 Å². The van der Waals surface area contributed by atoms with E-state index in [-0.39, 0.29) is 12.0 Å². The van der Waals surface area contributed by atoms with Gasteiger partial charge in [-0.05, 0) is 29.7 Å². The van der Waals surface area contributed by atoms with Crippen LogP contribution in [0.25, 0.3) is 0 Å². The van der Waals surface area contributed by atoms with Crippen molar-refractivity contribution in [2.24, 2.45) is 0 Å². The molecule has 0 saturated carbocycles. The van der Waals surface area contributed by atoms with E-state index in [1.54, 1.807) is 7.05 Å². The van der Waals surface area contributed by atoms with Gasteiger partial charge in [-0.15, -0.1) is 0 Å². The minimum absolute atomic E-state index is 0.0678. The predicted octanol–water partition coefficient (Wildman–Crippen LogP) is 4.23. The maximum atomic E-state index is 11.5. The summed E-state index contributed by atoms with van der Waals surface area (Å²) < 4.78 is 0. The van der Waals surface area contributed by atoms with E-state index in [4.69, 9.17) is 11.6 Å². The summed E-state index contributed by atoms with van der Waals surface area (Å²) in [6.45, 7) is 4.37. The first-order valence-electron chi connectivity index (χ1n) is 8.44. The van der Waals surface area contributed by atoms with Crippen LogP contribution in [0.2, 0.25) is 5.02 Å². The van der Waals surface area contributed by atoms with Gasteiger partial charge in [-0.25, -0.2) is 4.79 Å². The van der Waals surface area contributed by atoms with Crippen molar-refractivity contribution in [3.05, 3.63) is 70.2 Å². The highest BCUT2D eigenvalue weighted by molar-refractivity contribution is 6.31. The number of likely N-dealkylation sites (N-methyl/N-ethyl adjacent to an activating group) is 1. The van der Waals surface area contributed by atoms with Crippen molar-refractivity contribution in [2.75, 3.05) is 20.1 Å². The molecule has 132 valence electrons. The average Bonchev–Trinajstić information content (AvgIpc) is 3.01. The Morgan fingerprint density at radius 1 is 1.24 bits per heavy atom. The number of rotatable bonds is 4. The number of aryl methyl sites for hydroxylation is 1. The minimum atomic E-state index is -0.887. The fourth-order valence-electron chi connectivity index (χ4n) is 3.60. The van der Waals surface area contributed by atoms with Crippen molar-refractivity contribution in [3.8, 4) is 0 Å². The Morgan fingerprint density at radius 3 is 2.60 bits per heavy atom. The van der Waals surface area contributed by atoms with E-state index in [0.29, 0.717) is 0 Å². The molecular weight excluding hydrogens is 336 g/mol. The highest BCUT2D eigenvalue weighted by Gasteiger charge is 2.38. The van der Waals surface area contributed by atoms with Crippen molar-refractivity contribution in [3.63, 3.8) is 0 Å². The number of carboxylic acid groups (broad SMARTS) is 1. The van der Waals surface area contributed by atoms with Crippen LogP contribution in [0.4, 0.5) is 4.79 Å². The number of hydrogen-bond acceptors (Lipinski definition) is 2. The SMILES string of the molecule is Cc1cc([C@H]2CN(Cc3ccccc3)C[C@@H]2N(C)C(=O)O)ccc1Cl. The lowest BCUT2D eigenvalue weighted by molar-refractivity contribution is 0.135. The average molecular weight is 359 g/mol. The number of halogens is 1. The summed E-state index contributed by atoms with van der Waals surface area (Å²) in [5.41, 5.74) is 3.42. The van der Waals surface area contributed by atoms with E-state index in [9.17, 15) is 9.90 Å². The smallest absolute Gasteiger partial charge is 0.407 e. The molecule has 1 N–H and O–H groups in total. The normalized spacial score (nSPS) is 20.6. The monoisotopic (exact) mass is 358 g/mol. The molecule has 0 aliphatic carbocycles. The van der Waals surface area contributed by atoms with Crippen molar-refractivity contribution in [1.82, 2.24) is 9.80 Å². The summed E-state index contributed by atoms with van der Waals surface area (Å²) in [5, 5.41) is 10.2. The number of hydrogen-bond donors (Lipinski definition) is 1. The molecule has 1 saturated heterocycles. The van der Waals surface area contributed by atoms with E-state index in [2.05, 4.69) is 23.1 Å². The van der Waals surface area contributed by atoms with Crippen molar-refractivity contribution in [1.29, 1.82) is 0 Å². The molecule has 5 heteroatoms. The first-order chi connectivity index (χ1) is 12.0. The summed E-state index contributed by atoms with van der Waals surface area (Å²) in [6, 6.07) is 16.2. The van der Waals surface area contributed by atoms with Gasteiger partial charge in [-0.2, -0.15) is 0 Å². The number of likely N-dealkylation sites (tertiary alicyclic amines) is 1. The molecule has 1 fully saturated rings. The van der Waals surface area contributed by atoms with Gasteiger partial charge < -0.3 is 10.0 Å². The predicted molar refractivity (Wildman–Crippen MR) is 100 cm³/mol. The fraction of sp³-hybridized carbons (Fsp3) is 0.350. The van der Waals surface area contributed by atoms with Crippen LogP contribution < -0.4 is 0 Å². The standard InChI is InChI=1S/C20H23ClN2O2/c1-14-10-16(8-9-18(14)21)17-12-23(11-15-6-4-3-5-7-15)13-19(17)22(2)20(24)25/h3-10,17,19H,11-13H2,1-2H3,(H,24,25)/t17-,19+/m1/s1. The van der Waals surface area contributed by atoms with Crippen LogP contribution in [0.1, 0.15) is 22.6 Å². The Labute approximate surface area is 153 Å². The molecule has 1 heterocycles. The first kappa shape index (κ1) is 17.8. The zero-order valence-corrected chi connectivity index (χ0v) is 15.3. The molecule has 25 heavy (non-hydrogen) atoms. The van der Waals surface area contributed by atoms with Crippen molar-refractivity contribution in [2.45, 2.75) is 25.4 Å². The van der Waals surface area contributed by atoms with E-state index >= 15 is 0 Å². The fourth-order valence-corrected chi connectivity index (χ4v) is 3.71. The maximum absolute atomic E-state index is 11.5. The molecule has 3 rings (SSSR count). The molecule has 0 bridgehead atoms. The molecule has 0 radical (unpaired) electrons. The number of amides is 1. The lowest BCUT2D eigenvalue weighted by Gasteiger charge is -2.27. The molecule has 4 nitrogen and oxygen atoms in total. The lowest BCUT2D eigenvalue weighted by atomic mass is 9.92. The zero-order valence-electron chi connectivity index (χ0n) is 14.5. The molecule has 2 aromatic carbocycles. The summed E-state index contributed by atoms with van der Waals surface area (Å²) in [5.74, 6) is 0.140. The van der Waals surface area contributed by atoms with Crippen LogP contribution in [0.3, 0.4) is 0 Å². The lowest BCUT2D eigenvalue weighted by Crippen LogP contribution is -2.40. The van der Waals surface area contributed by atoms with Crippen molar-refractivity contribution >= 4 is 17.7 Å². The van der Waals surface area contributed by atoms with Gasteiger partial charge in [-0.1, -0.05) is 54.1 Å². The summed E-state index contributed by atoms with van der Waals surface area (Å²) >= 11 is 6.16. The van der Waals surface area contributed by atoms with E-state index in [1.807, 2.05) is 37.3 Å². The Morgan fingerprint density at radius 2 is 1.96 bits per heavy atom. The second-order valence-electron chi connectivity index (χ2n) is 6.76. The second kappa shape index (κ2) is 7.46. The largest absolute Gasteiger partial charge is 0.465 e. The van der Waals surface area contributed by atoms with Crippen LogP contribution in [-0.2, 0) is 6.54 Å². The van der Waals surface area contributed by atoms with E-state index in [1.165, 1.54) is 10.5 Å². The van der Waals surface area contributed by atoms with Crippen LogP contribution in [0.15, 0.2) is 48.5 Å². The van der Waals surface area contributed by atoms with E-state index < -0.39 is 6.09 Å². The third-order valence-corrected chi connectivity index (χ3v) is 5.45. The quantitative estimate of drug-likeness (QED) is 0.889. The molecule has 0 unspecified atom stereocenters. The van der Waals surface area contributed by atoms with Gasteiger partial charge in [-0.3, -0.25) is 4.90 Å². The second-order valence-corrected chi connectivity index (χ2v) is 7.16. The van der Waals surface area contributed by atoms with Gasteiger partial charge in [0, 0.05) is 37.6 Å². The first-order valence-corrected chi connectivity index (χ1v) is 8.81. The number of nitrogens with zero attached hydrogens (tertiary/aromatic N) is 2. The molecular formula is C20H23ClN2O2. The summed E-state index contributed by atoms with van der Waals surface area (Å²) in [7, 11) is 1.66. The maximum Gasteiger partial charge on any atom is 0.407 e. The Balaban J connectivity index is 1.85. The van der Waals surface area contributed by atoms with Crippen LogP contribution in [-0.4, -0.2) is 47.2 Å². The highest BCUT2D eigenvalue weighted by atomic mass is 35.5. The minimum Gasteiger partial charge on any atom is -0.465 e. The van der Waals surface area contributed by atoms with Crippen LogP contribution in [0.5, 0.6) is 0 Å². The third kappa shape index (κ3) is 3.97. The van der Waals surface area contributed by atoms with Gasteiger partial charge in [0.2, 0.25) is 0 Å².